The molecule has 3 aromatic rings. The number of hydrogen-bond acceptors (Lipinski definition) is 4. The quantitative estimate of drug-likeness (QED) is 0.718. The number of allylic oxidation sites excluding steroid dienone is 1. The smallest absolute Gasteiger partial charge is 0.328 e. The Labute approximate surface area is 166 Å². The molecule has 4 rings (SSSR count). The van der Waals surface area contributed by atoms with Crippen LogP contribution < -0.4 is 16.6 Å². The van der Waals surface area contributed by atoms with Crippen LogP contribution in [0.1, 0.15) is 10.4 Å². The lowest BCUT2D eigenvalue weighted by Gasteiger charge is -2.18. The molecule has 146 valence electrons. The number of aromatic nitrogens is 2. The fraction of sp³-hybridized carbons (Fsp3) is 0.136. The van der Waals surface area contributed by atoms with Crippen LogP contribution in [0.15, 0.2) is 76.1 Å². The zero-order valence-corrected chi connectivity index (χ0v) is 16.1. The van der Waals surface area contributed by atoms with E-state index in [9.17, 15) is 14.4 Å². The molecule has 0 aliphatic carbocycles. The number of carbonyl (C=O) groups is 1. The van der Waals surface area contributed by atoms with E-state index in [2.05, 4.69) is 10.3 Å². The van der Waals surface area contributed by atoms with Gasteiger partial charge in [-0.1, -0.05) is 24.3 Å². The van der Waals surface area contributed by atoms with Crippen LogP contribution in [0.3, 0.4) is 0 Å². The molecule has 0 fully saturated rings. The van der Waals surface area contributed by atoms with E-state index in [1.54, 1.807) is 36.4 Å². The molecule has 0 spiro atoms. The predicted octanol–water partition coefficient (Wildman–Crippen LogP) is 1.97. The highest BCUT2D eigenvalue weighted by atomic mass is 16.2. The van der Waals surface area contributed by atoms with E-state index >= 15 is 0 Å². The number of likely N-dealkylation sites (N-methyl/N-ethyl adjacent to an activating group) is 1. The fourth-order valence-electron chi connectivity index (χ4n) is 3.28. The maximum absolute atomic E-state index is 12.6. The van der Waals surface area contributed by atoms with Crippen LogP contribution in [0, 0.1) is 0 Å². The van der Waals surface area contributed by atoms with Crippen molar-refractivity contribution >= 4 is 16.8 Å². The first-order valence-electron chi connectivity index (χ1n) is 9.16. The molecule has 0 radical (unpaired) electrons. The van der Waals surface area contributed by atoms with Crippen LogP contribution in [0.2, 0.25) is 0 Å². The first kappa shape index (κ1) is 18.5. The van der Waals surface area contributed by atoms with Crippen LogP contribution in [0.4, 0.5) is 0 Å². The number of carbonyl (C=O) groups excluding carboxylic acids is 1. The molecule has 1 aliphatic rings. The highest BCUT2D eigenvalue weighted by Gasteiger charge is 2.11. The second-order valence-electron chi connectivity index (χ2n) is 7.02. The van der Waals surface area contributed by atoms with Crippen LogP contribution in [-0.2, 0) is 7.05 Å². The predicted molar refractivity (Wildman–Crippen MR) is 113 cm³/mol. The Kier molecular flexibility index (Phi) is 4.64. The van der Waals surface area contributed by atoms with Crippen LogP contribution in [0.25, 0.3) is 22.0 Å². The molecule has 1 aromatic heterocycles. The van der Waals surface area contributed by atoms with Crippen molar-refractivity contribution in [2.45, 2.75) is 0 Å². The molecule has 0 atom stereocenters. The van der Waals surface area contributed by atoms with Crippen molar-refractivity contribution in [2.24, 2.45) is 7.05 Å². The van der Waals surface area contributed by atoms with Gasteiger partial charge in [0, 0.05) is 32.4 Å². The number of amides is 1. The van der Waals surface area contributed by atoms with E-state index < -0.39 is 5.69 Å². The van der Waals surface area contributed by atoms with Gasteiger partial charge in [0.15, 0.2) is 0 Å². The minimum Gasteiger partial charge on any atom is -0.375 e. The Hall–Kier alpha value is -3.87. The summed E-state index contributed by atoms with van der Waals surface area (Å²) in [6.07, 6.45) is 5.73. The average molecular weight is 388 g/mol. The topological polar surface area (TPSA) is 87.2 Å². The van der Waals surface area contributed by atoms with Crippen molar-refractivity contribution in [3.05, 3.63) is 92.9 Å². The second-order valence-corrected chi connectivity index (χ2v) is 7.02. The van der Waals surface area contributed by atoms with Gasteiger partial charge in [0.1, 0.15) is 0 Å². The number of rotatable bonds is 3. The second kappa shape index (κ2) is 7.27. The molecule has 1 amide bonds. The molecule has 0 bridgehead atoms. The Balaban J connectivity index is 1.67. The SMILES string of the molecule is CN1C=C(NC(=O)c2cccc(-c3ccc4c(=O)n(C)c(=O)[nH]c4c3)c2)C=CC1. The van der Waals surface area contributed by atoms with Crippen molar-refractivity contribution < 1.29 is 4.79 Å². The van der Waals surface area contributed by atoms with Gasteiger partial charge in [0.2, 0.25) is 0 Å². The highest BCUT2D eigenvalue weighted by molar-refractivity contribution is 5.97. The normalized spacial score (nSPS) is 13.4. The van der Waals surface area contributed by atoms with E-state index in [1.165, 1.54) is 7.05 Å². The summed E-state index contributed by atoms with van der Waals surface area (Å²) in [5, 5.41) is 3.33. The standard InChI is InChI=1S/C22H20N4O3/c1-25-10-4-7-17(13-25)23-20(27)16-6-3-5-14(11-16)15-8-9-18-19(12-15)24-22(29)26(2)21(18)28/h3-9,11-13H,10H2,1-2H3,(H,23,27)(H,24,29). The third kappa shape index (κ3) is 3.62. The number of fused-ring (bicyclic) bond motifs is 1. The van der Waals surface area contributed by atoms with Gasteiger partial charge in [-0.3, -0.25) is 14.2 Å². The van der Waals surface area contributed by atoms with E-state index in [0.29, 0.717) is 16.5 Å². The average Bonchev–Trinajstić information content (AvgIpc) is 2.72. The molecule has 7 heteroatoms. The first-order valence-corrected chi connectivity index (χ1v) is 9.16. The Bertz CT molecular complexity index is 1300. The summed E-state index contributed by atoms with van der Waals surface area (Å²) in [4.78, 5) is 41.5. The number of hydrogen-bond donors (Lipinski definition) is 2. The van der Waals surface area contributed by atoms with E-state index in [0.717, 1.165) is 27.9 Å². The Morgan fingerprint density at radius 1 is 1.07 bits per heavy atom. The van der Waals surface area contributed by atoms with Gasteiger partial charge in [-0.15, -0.1) is 0 Å². The molecular weight excluding hydrogens is 368 g/mol. The minimum atomic E-state index is -0.466. The molecule has 0 unspecified atom stereocenters. The summed E-state index contributed by atoms with van der Waals surface area (Å²) < 4.78 is 1.04. The van der Waals surface area contributed by atoms with E-state index in [-0.39, 0.29) is 11.5 Å². The number of nitrogens with one attached hydrogen (secondary N) is 2. The molecule has 2 heterocycles. The van der Waals surface area contributed by atoms with Gasteiger partial charge in [-0.2, -0.15) is 0 Å². The van der Waals surface area contributed by atoms with Crippen LogP contribution >= 0.6 is 0 Å². The van der Waals surface area contributed by atoms with Gasteiger partial charge < -0.3 is 15.2 Å². The number of benzene rings is 2. The molecule has 7 nitrogen and oxygen atoms in total. The van der Waals surface area contributed by atoms with Gasteiger partial charge >= 0.3 is 5.69 Å². The van der Waals surface area contributed by atoms with Crippen LogP contribution in [-0.4, -0.2) is 34.0 Å². The summed E-state index contributed by atoms with van der Waals surface area (Å²) in [6.45, 7) is 0.808. The molecule has 1 aliphatic heterocycles. The van der Waals surface area contributed by atoms with E-state index in [1.807, 2.05) is 36.4 Å². The lowest BCUT2D eigenvalue weighted by atomic mass is 10.0. The van der Waals surface area contributed by atoms with Gasteiger partial charge in [0.25, 0.3) is 11.5 Å². The Morgan fingerprint density at radius 2 is 1.86 bits per heavy atom. The lowest BCUT2D eigenvalue weighted by Crippen LogP contribution is -2.32. The van der Waals surface area contributed by atoms with Gasteiger partial charge in [-0.25, -0.2) is 4.79 Å². The number of nitrogens with zero attached hydrogens (tertiary/aromatic N) is 2. The minimum absolute atomic E-state index is 0.207. The Morgan fingerprint density at radius 3 is 2.66 bits per heavy atom. The van der Waals surface area contributed by atoms with Gasteiger partial charge in [0.05, 0.1) is 16.6 Å². The summed E-state index contributed by atoms with van der Waals surface area (Å²) in [5.74, 6) is -0.207. The number of H-pyrrole nitrogens is 1. The molecule has 2 N–H and O–H groups in total. The maximum Gasteiger partial charge on any atom is 0.328 e. The third-order valence-corrected chi connectivity index (χ3v) is 4.87. The van der Waals surface area contributed by atoms with Crippen molar-refractivity contribution in [1.29, 1.82) is 0 Å². The first-order chi connectivity index (χ1) is 13.9. The van der Waals surface area contributed by atoms with Crippen molar-refractivity contribution in [1.82, 2.24) is 19.8 Å². The lowest BCUT2D eigenvalue weighted by molar-refractivity contribution is 0.0966. The largest absolute Gasteiger partial charge is 0.375 e. The van der Waals surface area contributed by atoms with E-state index in [4.69, 9.17) is 0 Å². The molecule has 0 saturated heterocycles. The van der Waals surface area contributed by atoms with Crippen molar-refractivity contribution in [2.75, 3.05) is 13.6 Å². The van der Waals surface area contributed by atoms with Crippen molar-refractivity contribution in [3.63, 3.8) is 0 Å². The third-order valence-electron chi connectivity index (χ3n) is 4.87. The fourth-order valence-corrected chi connectivity index (χ4v) is 3.28. The summed E-state index contributed by atoms with van der Waals surface area (Å²) >= 11 is 0. The van der Waals surface area contributed by atoms with Gasteiger partial charge in [-0.05, 0) is 41.5 Å². The highest BCUT2D eigenvalue weighted by Crippen LogP contribution is 2.23. The van der Waals surface area contributed by atoms with Crippen LogP contribution in [0.5, 0.6) is 0 Å². The number of aromatic amines is 1. The molecule has 0 saturated carbocycles. The van der Waals surface area contributed by atoms with Crippen molar-refractivity contribution in [3.8, 4) is 11.1 Å². The summed E-state index contributed by atoms with van der Waals surface area (Å²) in [7, 11) is 3.37. The zero-order chi connectivity index (χ0) is 20.5. The zero-order valence-electron chi connectivity index (χ0n) is 16.1. The summed E-state index contributed by atoms with van der Waals surface area (Å²) in [6, 6.07) is 12.4. The monoisotopic (exact) mass is 388 g/mol. The molecular formula is C22H20N4O3. The molecule has 29 heavy (non-hydrogen) atoms. The summed E-state index contributed by atoms with van der Waals surface area (Å²) in [5.41, 5.74) is 2.51. The maximum atomic E-state index is 12.6. The molecule has 2 aromatic carbocycles.